The average molecular weight is 487 g/mol. The monoisotopic (exact) mass is 487 g/mol. The first-order valence-corrected chi connectivity index (χ1v) is 10.4. The van der Waals surface area contributed by atoms with Gasteiger partial charge in [0.1, 0.15) is 16.9 Å². The number of alkyl halides is 6. The lowest BCUT2D eigenvalue weighted by molar-refractivity contribution is -0.141. The molecule has 0 N–H and O–H groups in total. The van der Waals surface area contributed by atoms with E-state index in [9.17, 15) is 31.1 Å². The standard InChI is InChI=1S/C20H15F6N5OS/c21-19(22,23)15-3-1-2-14(28-15)12-6-8-30(9-7-12)17-27-11-31(18(32)29-17)10-13-4-5-16(33-13)20(24,25)26/h1-6,11H,7-10H2. The van der Waals surface area contributed by atoms with Crippen LogP contribution in [-0.4, -0.2) is 32.6 Å². The summed E-state index contributed by atoms with van der Waals surface area (Å²) in [6, 6.07) is 5.96. The summed E-state index contributed by atoms with van der Waals surface area (Å²) >= 11 is 0.541. The molecule has 0 unspecified atom stereocenters. The van der Waals surface area contributed by atoms with Gasteiger partial charge < -0.3 is 4.90 Å². The third-order valence-corrected chi connectivity index (χ3v) is 6.00. The fraction of sp³-hybridized carbons (Fsp3) is 0.300. The van der Waals surface area contributed by atoms with Crippen LogP contribution in [0.15, 0.2) is 47.5 Å². The summed E-state index contributed by atoms with van der Waals surface area (Å²) in [7, 11) is 0. The van der Waals surface area contributed by atoms with Gasteiger partial charge in [0.15, 0.2) is 0 Å². The predicted molar refractivity (Wildman–Crippen MR) is 109 cm³/mol. The van der Waals surface area contributed by atoms with Crippen LogP contribution in [-0.2, 0) is 18.9 Å². The summed E-state index contributed by atoms with van der Waals surface area (Å²) in [4.78, 5) is 25.3. The number of hydrogen-bond acceptors (Lipinski definition) is 6. The van der Waals surface area contributed by atoms with E-state index in [1.165, 1.54) is 24.5 Å². The number of rotatable bonds is 4. The van der Waals surface area contributed by atoms with Crippen molar-refractivity contribution in [3.05, 3.63) is 74.4 Å². The lowest BCUT2D eigenvalue weighted by atomic mass is 10.0. The highest BCUT2D eigenvalue weighted by Crippen LogP contribution is 2.35. The van der Waals surface area contributed by atoms with E-state index in [2.05, 4.69) is 15.0 Å². The average Bonchev–Trinajstić information content (AvgIpc) is 3.24. The van der Waals surface area contributed by atoms with Gasteiger partial charge in [-0.1, -0.05) is 12.1 Å². The van der Waals surface area contributed by atoms with Gasteiger partial charge in [-0.15, -0.1) is 11.3 Å². The molecule has 0 atom stereocenters. The third-order valence-electron chi connectivity index (χ3n) is 4.88. The van der Waals surface area contributed by atoms with E-state index in [1.54, 1.807) is 11.0 Å². The Balaban J connectivity index is 1.46. The molecule has 0 aromatic carbocycles. The van der Waals surface area contributed by atoms with Crippen LogP contribution in [0.1, 0.15) is 27.6 Å². The lowest BCUT2D eigenvalue weighted by Crippen LogP contribution is -2.34. The van der Waals surface area contributed by atoms with Crippen molar-refractivity contribution in [2.75, 3.05) is 18.0 Å². The first kappa shape index (κ1) is 23.0. The van der Waals surface area contributed by atoms with Crippen molar-refractivity contribution in [3.63, 3.8) is 0 Å². The van der Waals surface area contributed by atoms with Crippen molar-refractivity contribution in [1.29, 1.82) is 0 Å². The molecule has 33 heavy (non-hydrogen) atoms. The lowest BCUT2D eigenvalue weighted by Gasteiger charge is -2.26. The smallest absolute Gasteiger partial charge is 0.337 e. The molecule has 1 aliphatic heterocycles. The zero-order chi connectivity index (χ0) is 23.8. The van der Waals surface area contributed by atoms with Crippen molar-refractivity contribution in [1.82, 2.24) is 19.5 Å². The minimum Gasteiger partial charge on any atom is -0.337 e. The van der Waals surface area contributed by atoms with Crippen LogP contribution in [0.3, 0.4) is 0 Å². The van der Waals surface area contributed by atoms with E-state index < -0.39 is 28.6 Å². The molecule has 3 aromatic rings. The highest BCUT2D eigenvalue weighted by Gasteiger charge is 2.33. The molecule has 4 rings (SSSR count). The van der Waals surface area contributed by atoms with Crippen LogP contribution in [0, 0.1) is 0 Å². The molecule has 13 heteroatoms. The van der Waals surface area contributed by atoms with Crippen molar-refractivity contribution >= 4 is 22.9 Å². The molecule has 0 radical (unpaired) electrons. The van der Waals surface area contributed by atoms with Gasteiger partial charge in [0.05, 0.1) is 12.2 Å². The zero-order valence-corrected chi connectivity index (χ0v) is 17.5. The van der Waals surface area contributed by atoms with E-state index >= 15 is 0 Å². The predicted octanol–water partition coefficient (Wildman–Crippen LogP) is 4.47. The molecular weight excluding hydrogens is 472 g/mol. The number of pyridine rings is 1. The van der Waals surface area contributed by atoms with Crippen LogP contribution in [0.25, 0.3) is 5.57 Å². The van der Waals surface area contributed by atoms with E-state index in [0.717, 1.165) is 16.7 Å². The Hall–Kier alpha value is -3.22. The topological polar surface area (TPSA) is 63.9 Å². The minimum absolute atomic E-state index is 0.0921. The minimum atomic E-state index is -4.54. The third kappa shape index (κ3) is 5.24. The number of hydrogen-bond donors (Lipinski definition) is 0. The van der Waals surface area contributed by atoms with Crippen molar-refractivity contribution in [3.8, 4) is 0 Å². The molecule has 0 spiro atoms. The summed E-state index contributed by atoms with van der Waals surface area (Å²) in [5.41, 5.74) is -0.765. The maximum atomic E-state index is 12.9. The second-order valence-electron chi connectivity index (χ2n) is 7.16. The summed E-state index contributed by atoms with van der Waals surface area (Å²) in [5.74, 6) is 0.130. The number of nitrogens with zero attached hydrogens (tertiary/aromatic N) is 5. The van der Waals surface area contributed by atoms with Gasteiger partial charge in [0, 0.05) is 18.0 Å². The van der Waals surface area contributed by atoms with Crippen molar-refractivity contribution < 1.29 is 26.3 Å². The summed E-state index contributed by atoms with van der Waals surface area (Å²) in [6.07, 6.45) is -5.70. The van der Waals surface area contributed by atoms with Crippen LogP contribution in [0.2, 0.25) is 0 Å². The molecule has 0 amide bonds. The first-order valence-electron chi connectivity index (χ1n) is 9.59. The van der Waals surface area contributed by atoms with Gasteiger partial charge in [-0.3, -0.25) is 4.57 Å². The molecule has 4 heterocycles. The summed E-state index contributed by atoms with van der Waals surface area (Å²) < 4.78 is 78.0. The molecule has 0 fully saturated rings. The van der Waals surface area contributed by atoms with Crippen LogP contribution in [0.4, 0.5) is 32.3 Å². The van der Waals surface area contributed by atoms with Gasteiger partial charge in [0.25, 0.3) is 0 Å². The maximum absolute atomic E-state index is 12.9. The fourth-order valence-electron chi connectivity index (χ4n) is 3.25. The Morgan fingerprint density at radius 1 is 1.00 bits per heavy atom. The van der Waals surface area contributed by atoms with Gasteiger partial charge in [0.2, 0.25) is 5.95 Å². The molecule has 174 valence electrons. The molecule has 0 saturated carbocycles. The van der Waals surface area contributed by atoms with Crippen LogP contribution >= 0.6 is 11.3 Å². The highest BCUT2D eigenvalue weighted by atomic mass is 32.1. The van der Waals surface area contributed by atoms with Gasteiger partial charge in [-0.25, -0.2) is 14.8 Å². The van der Waals surface area contributed by atoms with Crippen LogP contribution in [0.5, 0.6) is 0 Å². The van der Waals surface area contributed by atoms with Crippen LogP contribution < -0.4 is 10.6 Å². The number of aromatic nitrogens is 4. The largest absolute Gasteiger partial charge is 0.433 e. The zero-order valence-electron chi connectivity index (χ0n) is 16.7. The molecule has 0 saturated heterocycles. The summed E-state index contributed by atoms with van der Waals surface area (Å²) in [5, 5.41) is 0. The van der Waals surface area contributed by atoms with Crippen molar-refractivity contribution in [2.45, 2.75) is 25.3 Å². The molecule has 0 bridgehead atoms. The Labute approximate surface area is 186 Å². The van der Waals surface area contributed by atoms with E-state index in [0.29, 0.717) is 34.8 Å². The van der Waals surface area contributed by atoms with Gasteiger partial charge >= 0.3 is 18.0 Å². The summed E-state index contributed by atoms with van der Waals surface area (Å²) in [6.45, 7) is 0.523. The second kappa shape index (κ2) is 8.61. The Kier molecular flexibility index (Phi) is 5.99. The number of anilines is 1. The maximum Gasteiger partial charge on any atom is 0.433 e. The van der Waals surface area contributed by atoms with Gasteiger partial charge in [-0.05, 0) is 36.3 Å². The van der Waals surface area contributed by atoms with E-state index in [4.69, 9.17) is 0 Å². The molecule has 0 aliphatic carbocycles. The highest BCUT2D eigenvalue weighted by molar-refractivity contribution is 7.12. The van der Waals surface area contributed by atoms with Gasteiger partial charge in [-0.2, -0.15) is 31.3 Å². The molecule has 1 aliphatic rings. The Bertz CT molecular complexity index is 1250. The first-order chi connectivity index (χ1) is 15.5. The molecular formula is C20H15F6N5OS. The number of thiophene rings is 1. The Morgan fingerprint density at radius 3 is 2.39 bits per heavy atom. The normalized spacial score (nSPS) is 15.0. The second-order valence-corrected chi connectivity index (χ2v) is 8.33. The fourth-order valence-corrected chi connectivity index (χ4v) is 4.12. The molecule has 3 aromatic heterocycles. The van der Waals surface area contributed by atoms with Crippen molar-refractivity contribution in [2.24, 2.45) is 0 Å². The SMILES string of the molecule is O=c1nc(N2CC=C(c3cccc(C(F)(F)F)n3)CC2)ncn1Cc1ccc(C(F)(F)F)s1. The quantitative estimate of drug-likeness (QED) is 0.508. The number of halogens is 6. The van der Waals surface area contributed by atoms with E-state index in [-0.39, 0.29) is 24.7 Å². The molecule has 6 nitrogen and oxygen atoms in total. The van der Waals surface area contributed by atoms with E-state index in [1.807, 2.05) is 0 Å². The Morgan fingerprint density at radius 2 is 1.79 bits per heavy atom.